The van der Waals surface area contributed by atoms with Crippen molar-refractivity contribution in [2.75, 3.05) is 0 Å². The fraction of sp³-hybridized carbons (Fsp3) is 0.222. The number of aldehydes is 1. The first-order valence-corrected chi connectivity index (χ1v) is 3.75. The molecule has 2 heteroatoms. The average molecular weight is 169 g/mol. The first-order valence-electron chi connectivity index (χ1n) is 3.37. The molecule has 0 aliphatic heterocycles. The molecule has 1 nitrogen and oxygen atoms in total. The highest BCUT2D eigenvalue weighted by Crippen LogP contribution is 2.20. The van der Waals surface area contributed by atoms with Crippen molar-refractivity contribution in [3.8, 4) is 0 Å². The van der Waals surface area contributed by atoms with Gasteiger partial charge in [-0.05, 0) is 31.0 Å². The number of benzene rings is 1. The van der Waals surface area contributed by atoms with Crippen molar-refractivity contribution in [3.63, 3.8) is 0 Å². The van der Waals surface area contributed by atoms with E-state index in [0.29, 0.717) is 10.6 Å². The second-order valence-corrected chi connectivity index (χ2v) is 2.93. The summed E-state index contributed by atoms with van der Waals surface area (Å²) < 4.78 is 0. The summed E-state index contributed by atoms with van der Waals surface area (Å²) in [5.41, 5.74) is 2.54. The van der Waals surface area contributed by atoms with E-state index in [9.17, 15) is 4.79 Å². The van der Waals surface area contributed by atoms with Crippen molar-refractivity contribution >= 4 is 17.9 Å². The minimum Gasteiger partial charge on any atom is -0.298 e. The average Bonchev–Trinajstić information content (AvgIpc) is 1.99. The van der Waals surface area contributed by atoms with Gasteiger partial charge in [-0.2, -0.15) is 0 Å². The van der Waals surface area contributed by atoms with Crippen molar-refractivity contribution in [1.29, 1.82) is 0 Å². The number of hydrogen-bond donors (Lipinski definition) is 0. The molecule has 0 aromatic heterocycles. The Morgan fingerprint density at radius 3 is 2.45 bits per heavy atom. The molecular weight excluding hydrogens is 160 g/mol. The summed E-state index contributed by atoms with van der Waals surface area (Å²) in [5.74, 6) is 0. The van der Waals surface area contributed by atoms with Crippen LogP contribution in [0.2, 0.25) is 5.02 Å². The lowest BCUT2D eigenvalue weighted by Gasteiger charge is -2.03. The van der Waals surface area contributed by atoms with E-state index in [1.165, 1.54) is 0 Å². The third-order valence-electron chi connectivity index (χ3n) is 1.78. The molecule has 1 rings (SSSR count). The topological polar surface area (TPSA) is 17.1 Å². The molecule has 0 spiro atoms. The van der Waals surface area contributed by atoms with E-state index in [-0.39, 0.29) is 0 Å². The largest absolute Gasteiger partial charge is 0.298 e. The number of halogens is 1. The number of rotatable bonds is 1. The van der Waals surface area contributed by atoms with Crippen molar-refractivity contribution < 1.29 is 4.79 Å². The molecule has 0 unspecified atom stereocenters. The second kappa shape index (κ2) is 3.05. The van der Waals surface area contributed by atoms with E-state index in [4.69, 9.17) is 11.6 Å². The first-order chi connectivity index (χ1) is 5.16. The normalized spacial score (nSPS) is 9.73. The maximum atomic E-state index is 10.5. The highest BCUT2D eigenvalue weighted by atomic mass is 35.5. The van der Waals surface area contributed by atoms with Crippen LogP contribution in [-0.2, 0) is 0 Å². The molecule has 1 aromatic carbocycles. The standard InChI is InChI=1S/C9H9ClO/c1-6-3-4-9(10)7(2)8(6)5-11/h3-5H,1-2H3. The van der Waals surface area contributed by atoms with Crippen LogP contribution in [0.5, 0.6) is 0 Å². The first kappa shape index (κ1) is 8.28. The number of aryl methyl sites for hydroxylation is 1. The second-order valence-electron chi connectivity index (χ2n) is 2.52. The van der Waals surface area contributed by atoms with Gasteiger partial charge in [-0.1, -0.05) is 17.7 Å². The lowest BCUT2D eigenvalue weighted by atomic mass is 10.0. The van der Waals surface area contributed by atoms with E-state index in [0.717, 1.165) is 17.4 Å². The van der Waals surface area contributed by atoms with Crippen LogP contribution in [0.1, 0.15) is 21.5 Å². The zero-order valence-corrected chi connectivity index (χ0v) is 7.27. The predicted octanol–water partition coefficient (Wildman–Crippen LogP) is 2.77. The smallest absolute Gasteiger partial charge is 0.150 e. The van der Waals surface area contributed by atoms with E-state index in [1.807, 2.05) is 19.9 Å². The zero-order valence-electron chi connectivity index (χ0n) is 6.52. The maximum Gasteiger partial charge on any atom is 0.150 e. The number of carbonyl (C=O) groups is 1. The molecule has 0 fully saturated rings. The van der Waals surface area contributed by atoms with Gasteiger partial charge in [0.25, 0.3) is 0 Å². The van der Waals surface area contributed by atoms with Gasteiger partial charge in [-0.25, -0.2) is 0 Å². The quantitative estimate of drug-likeness (QED) is 0.590. The Morgan fingerprint density at radius 2 is 2.00 bits per heavy atom. The third-order valence-corrected chi connectivity index (χ3v) is 2.19. The van der Waals surface area contributed by atoms with Gasteiger partial charge >= 0.3 is 0 Å². The Hall–Kier alpha value is -0.820. The van der Waals surface area contributed by atoms with Gasteiger partial charge in [0.15, 0.2) is 6.29 Å². The van der Waals surface area contributed by atoms with Crippen molar-refractivity contribution in [2.45, 2.75) is 13.8 Å². The summed E-state index contributed by atoms with van der Waals surface area (Å²) in [7, 11) is 0. The fourth-order valence-corrected chi connectivity index (χ4v) is 1.18. The van der Waals surface area contributed by atoms with E-state index >= 15 is 0 Å². The van der Waals surface area contributed by atoms with E-state index in [2.05, 4.69) is 0 Å². The fourth-order valence-electron chi connectivity index (χ4n) is 1.02. The summed E-state index contributed by atoms with van der Waals surface area (Å²) in [5, 5.41) is 0.651. The molecular formula is C9H9ClO. The minimum absolute atomic E-state index is 0.651. The summed E-state index contributed by atoms with van der Waals surface area (Å²) in [6, 6.07) is 3.65. The summed E-state index contributed by atoms with van der Waals surface area (Å²) in [6.45, 7) is 3.74. The minimum atomic E-state index is 0.651. The van der Waals surface area contributed by atoms with E-state index in [1.54, 1.807) is 6.07 Å². The van der Waals surface area contributed by atoms with Gasteiger partial charge in [-0.15, -0.1) is 0 Å². The Kier molecular flexibility index (Phi) is 2.30. The Bertz CT molecular complexity index is 292. The van der Waals surface area contributed by atoms with Gasteiger partial charge in [0.05, 0.1) is 0 Å². The number of carbonyl (C=O) groups excluding carboxylic acids is 1. The molecule has 0 heterocycles. The zero-order chi connectivity index (χ0) is 8.43. The van der Waals surface area contributed by atoms with Gasteiger partial charge in [-0.3, -0.25) is 4.79 Å². The van der Waals surface area contributed by atoms with Gasteiger partial charge in [0.2, 0.25) is 0 Å². The highest BCUT2D eigenvalue weighted by Gasteiger charge is 2.03. The molecule has 0 aliphatic rings. The molecule has 0 aliphatic carbocycles. The highest BCUT2D eigenvalue weighted by molar-refractivity contribution is 6.31. The molecule has 1 aromatic rings. The molecule has 11 heavy (non-hydrogen) atoms. The van der Waals surface area contributed by atoms with Crippen molar-refractivity contribution in [1.82, 2.24) is 0 Å². The summed E-state index contributed by atoms with van der Waals surface area (Å²) >= 11 is 5.81. The third kappa shape index (κ3) is 1.43. The van der Waals surface area contributed by atoms with Crippen molar-refractivity contribution in [2.24, 2.45) is 0 Å². The van der Waals surface area contributed by atoms with Crippen LogP contribution >= 0.6 is 11.6 Å². The van der Waals surface area contributed by atoms with Crippen LogP contribution in [0.25, 0.3) is 0 Å². The van der Waals surface area contributed by atoms with E-state index < -0.39 is 0 Å². The molecule has 0 amide bonds. The van der Waals surface area contributed by atoms with Gasteiger partial charge < -0.3 is 0 Å². The summed E-state index contributed by atoms with van der Waals surface area (Å²) in [6.07, 6.45) is 0.844. The molecule has 0 radical (unpaired) electrons. The monoisotopic (exact) mass is 168 g/mol. The lowest BCUT2D eigenvalue weighted by Crippen LogP contribution is -1.91. The molecule has 0 bridgehead atoms. The van der Waals surface area contributed by atoms with Crippen LogP contribution < -0.4 is 0 Å². The molecule has 0 N–H and O–H groups in total. The maximum absolute atomic E-state index is 10.5. The molecule has 0 saturated carbocycles. The van der Waals surface area contributed by atoms with Crippen LogP contribution in [0.3, 0.4) is 0 Å². The molecule has 58 valence electrons. The Balaban J connectivity index is 3.40. The van der Waals surface area contributed by atoms with Crippen LogP contribution in [-0.4, -0.2) is 6.29 Å². The lowest BCUT2D eigenvalue weighted by molar-refractivity contribution is 0.112. The summed E-state index contributed by atoms with van der Waals surface area (Å²) in [4.78, 5) is 10.5. The molecule has 0 saturated heterocycles. The van der Waals surface area contributed by atoms with Crippen LogP contribution in [0.4, 0.5) is 0 Å². The predicted molar refractivity (Wildman–Crippen MR) is 46.3 cm³/mol. The van der Waals surface area contributed by atoms with Crippen LogP contribution in [0, 0.1) is 13.8 Å². The molecule has 0 atom stereocenters. The SMILES string of the molecule is Cc1ccc(Cl)c(C)c1C=O. The van der Waals surface area contributed by atoms with Gasteiger partial charge in [0, 0.05) is 10.6 Å². The van der Waals surface area contributed by atoms with Gasteiger partial charge in [0.1, 0.15) is 0 Å². The Labute approximate surface area is 71.0 Å². The number of hydrogen-bond acceptors (Lipinski definition) is 1. The Morgan fingerprint density at radius 1 is 1.36 bits per heavy atom. The van der Waals surface area contributed by atoms with Crippen LogP contribution in [0.15, 0.2) is 12.1 Å². The van der Waals surface area contributed by atoms with Crippen molar-refractivity contribution in [3.05, 3.63) is 33.8 Å².